The van der Waals surface area contributed by atoms with E-state index in [1.54, 1.807) is 13.2 Å². The summed E-state index contributed by atoms with van der Waals surface area (Å²) in [6, 6.07) is 15.3. The van der Waals surface area contributed by atoms with E-state index in [0.717, 1.165) is 30.4 Å². The number of hydrogen-bond acceptors (Lipinski definition) is 2. The smallest absolute Gasteiger partial charge is 0.329 e. The number of H-pyrrole nitrogens is 1. The van der Waals surface area contributed by atoms with Gasteiger partial charge in [-0.2, -0.15) is 0 Å². The first-order valence-corrected chi connectivity index (χ1v) is 7.94. The van der Waals surface area contributed by atoms with Crippen LogP contribution in [0.2, 0.25) is 0 Å². The number of para-hydroxylation sites is 2. The Morgan fingerprint density at radius 2 is 2.00 bits per heavy atom. The van der Waals surface area contributed by atoms with Crippen molar-refractivity contribution < 1.29 is 14.1 Å². The Bertz CT molecular complexity index is 836. The summed E-state index contributed by atoms with van der Waals surface area (Å²) in [5.74, 6) is 1.29. The Hall–Kier alpha value is -2.62. The van der Waals surface area contributed by atoms with Gasteiger partial charge in [0.25, 0.3) is 5.78 Å². The van der Waals surface area contributed by atoms with Crippen molar-refractivity contribution in [3.05, 3.63) is 59.9 Å². The van der Waals surface area contributed by atoms with Gasteiger partial charge in [0, 0.05) is 5.56 Å². The molecule has 0 aliphatic rings. The highest BCUT2D eigenvalue weighted by molar-refractivity contribution is 6.06. The fourth-order valence-electron chi connectivity index (χ4n) is 2.76. The fraction of sp³-hybridized carbons (Fsp3) is 0.263. The first kappa shape index (κ1) is 15.3. The van der Waals surface area contributed by atoms with Crippen molar-refractivity contribution in [2.45, 2.75) is 26.3 Å². The van der Waals surface area contributed by atoms with Gasteiger partial charge in [-0.1, -0.05) is 37.6 Å². The number of aromatic amines is 1. The molecule has 0 fully saturated rings. The van der Waals surface area contributed by atoms with E-state index < -0.39 is 0 Å². The molecule has 4 nitrogen and oxygen atoms in total. The van der Waals surface area contributed by atoms with Gasteiger partial charge in [0.15, 0.2) is 11.0 Å². The van der Waals surface area contributed by atoms with Crippen LogP contribution in [0.5, 0.6) is 5.75 Å². The first-order valence-electron chi connectivity index (χ1n) is 7.94. The van der Waals surface area contributed by atoms with Crippen LogP contribution in [0.1, 0.15) is 35.9 Å². The standard InChI is InChI=1S/C19H20N2O2/c1-3-4-12-21-17-11-6-5-10-16(17)20-19(21)18(22)14-8-7-9-15(13-14)23-2/h5-11,13H,3-4,12H2,1-2H3/p+1. The van der Waals surface area contributed by atoms with Crippen LogP contribution in [0.25, 0.3) is 11.0 Å². The minimum absolute atomic E-state index is 0.0174. The number of ether oxygens (including phenoxy) is 1. The SMILES string of the molecule is CCCC[n+]1c(C(=O)c2cccc(OC)c2)[nH]c2ccccc21. The van der Waals surface area contributed by atoms with Gasteiger partial charge in [0.2, 0.25) is 0 Å². The van der Waals surface area contributed by atoms with Gasteiger partial charge in [0.05, 0.1) is 13.7 Å². The average Bonchev–Trinajstić information content (AvgIpc) is 2.98. The van der Waals surface area contributed by atoms with Crippen LogP contribution in [0, 0.1) is 0 Å². The number of methoxy groups -OCH3 is 1. The lowest BCUT2D eigenvalue weighted by Gasteiger charge is -2.03. The van der Waals surface area contributed by atoms with Gasteiger partial charge in [0.1, 0.15) is 5.75 Å². The van der Waals surface area contributed by atoms with Gasteiger partial charge in [-0.15, -0.1) is 0 Å². The summed E-state index contributed by atoms with van der Waals surface area (Å²) in [5, 5.41) is 0. The highest BCUT2D eigenvalue weighted by Crippen LogP contribution is 2.17. The Morgan fingerprint density at radius 3 is 2.78 bits per heavy atom. The summed E-state index contributed by atoms with van der Waals surface area (Å²) in [5.41, 5.74) is 2.67. The summed E-state index contributed by atoms with van der Waals surface area (Å²) in [6.45, 7) is 2.98. The Labute approximate surface area is 135 Å². The molecular formula is C19H21N2O2+. The molecular weight excluding hydrogens is 288 g/mol. The van der Waals surface area contributed by atoms with Crippen LogP contribution >= 0.6 is 0 Å². The van der Waals surface area contributed by atoms with Crippen molar-refractivity contribution in [2.75, 3.05) is 7.11 Å². The van der Waals surface area contributed by atoms with Crippen LogP contribution in [-0.2, 0) is 6.54 Å². The first-order chi connectivity index (χ1) is 11.2. The van der Waals surface area contributed by atoms with E-state index in [-0.39, 0.29) is 5.78 Å². The molecule has 4 heteroatoms. The lowest BCUT2D eigenvalue weighted by atomic mass is 10.1. The van der Waals surface area contributed by atoms with Crippen LogP contribution in [0.4, 0.5) is 0 Å². The van der Waals surface area contributed by atoms with Crippen molar-refractivity contribution in [2.24, 2.45) is 0 Å². The highest BCUT2D eigenvalue weighted by atomic mass is 16.5. The summed E-state index contributed by atoms with van der Waals surface area (Å²) >= 11 is 0. The average molecular weight is 309 g/mol. The molecule has 0 saturated carbocycles. The van der Waals surface area contributed by atoms with Gasteiger partial charge >= 0.3 is 5.82 Å². The van der Waals surface area contributed by atoms with Gasteiger partial charge in [-0.05, 0) is 30.7 Å². The quantitative estimate of drug-likeness (QED) is 0.559. The third-order valence-corrected chi connectivity index (χ3v) is 4.00. The summed E-state index contributed by atoms with van der Waals surface area (Å²) in [4.78, 5) is 16.2. The molecule has 3 aromatic rings. The lowest BCUT2D eigenvalue weighted by molar-refractivity contribution is -0.673. The molecule has 23 heavy (non-hydrogen) atoms. The lowest BCUT2D eigenvalue weighted by Crippen LogP contribution is -2.39. The van der Waals surface area contributed by atoms with E-state index in [4.69, 9.17) is 4.74 Å². The number of nitrogens with zero attached hydrogens (tertiary/aromatic N) is 1. The number of aromatic nitrogens is 2. The number of imidazole rings is 1. The fourth-order valence-corrected chi connectivity index (χ4v) is 2.76. The van der Waals surface area contributed by atoms with E-state index in [2.05, 4.69) is 16.5 Å². The van der Waals surface area contributed by atoms with E-state index in [1.165, 1.54) is 0 Å². The minimum Gasteiger partial charge on any atom is -0.497 e. The number of rotatable bonds is 6. The second-order valence-corrected chi connectivity index (χ2v) is 5.56. The predicted molar refractivity (Wildman–Crippen MR) is 89.8 cm³/mol. The van der Waals surface area contributed by atoms with Crippen LogP contribution < -0.4 is 9.30 Å². The van der Waals surface area contributed by atoms with Crippen molar-refractivity contribution in [3.63, 3.8) is 0 Å². The third-order valence-electron chi connectivity index (χ3n) is 4.00. The molecule has 0 radical (unpaired) electrons. The predicted octanol–water partition coefficient (Wildman–Crippen LogP) is 3.50. The number of ketones is 1. The zero-order chi connectivity index (χ0) is 16.2. The maximum absolute atomic E-state index is 13.0. The number of fused-ring (bicyclic) bond motifs is 1. The largest absolute Gasteiger partial charge is 0.497 e. The molecule has 2 aromatic carbocycles. The summed E-state index contributed by atoms with van der Waals surface area (Å²) in [6.07, 6.45) is 2.12. The maximum atomic E-state index is 13.0. The molecule has 0 amide bonds. The maximum Gasteiger partial charge on any atom is 0.329 e. The normalized spacial score (nSPS) is 10.9. The summed E-state index contributed by atoms with van der Waals surface area (Å²) in [7, 11) is 1.61. The molecule has 0 spiro atoms. The number of carbonyl (C=O) groups excluding carboxylic acids is 1. The van der Waals surface area contributed by atoms with E-state index >= 15 is 0 Å². The molecule has 1 aromatic heterocycles. The molecule has 0 bridgehead atoms. The van der Waals surface area contributed by atoms with Gasteiger partial charge < -0.3 is 4.74 Å². The monoisotopic (exact) mass is 309 g/mol. The number of carbonyl (C=O) groups is 1. The molecule has 118 valence electrons. The Balaban J connectivity index is 2.08. The van der Waals surface area contributed by atoms with E-state index in [9.17, 15) is 4.79 Å². The Morgan fingerprint density at radius 1 is 1.17 bits per heavy atom. The van der Waals surface area contributed by atoms with Crippen LogP contribution in [0.15, 0.2) is 48.5 Å². The van der Waals surface area contributed by atoms with Crippen molar-refractivity contribution in [3.8, 4) is 5.75 Å². The van der Waals surface area contributed by atoms with Crippen molar-refractivity contribution in [1.29, 1.82) is 0 Å². The highest BCUT2D eigenvalue weighted by Gasteiger charge is 2.25. The van der Waals surface area contributed by atoms with Crippen LogP contribution in [-0.4, -0.2) is 17.9 Å². The summed E-state index contributed by atoms with van der Waals surface area (Å²) < 4.78 is 7.31. The topological polar surface area (TPSA) is 46.0 Å². The molecule has 1 heterocycles. The second-order valence-electron chi connectivity index (χ2n) is 5.56. The van der Waals surface area contributed by atoms with E-state index in [1.807, 2.05) is 42.5 Å². The van der Waals surface area contributed by atoms with E-state index in [0.29, 0.717) is 17.1 Å². The van der Waals surface area contributed by atoms with Gasteiger partial charge in [-0.25, -0.2) is 9.55 Å². The zero-order valence-electron chi connectivity index (χ0n) is 13.5. The molecule has 0 unspecified atom stereocenters. The minimum atomic E-state index is -0.0174. The molecule has 0 atom stereocenters. The molecule has 0 saturated heterocycles. The Kier molecular flexibility index (Phi) is 4.42. The number of benzene rings is 2. The zero-order valence-corrected chi connectivity index (χ0v) is 13.5. The number of nitrogens with one attached hydrogen (secondary N) is 1. The molecule has 0 aliphatic heterocycles. The molecule has 0 aliphatic carbocycles. The molecule has 1 N–H and O–H groups in total. The van der Waals surface area contributed by atoms with Crippen LogP contribution in [0.3, 0.4) is 0 Å². The number of hydrogen-bond donors (Lipinski definition) is 1. The second kappa shape index (κ2) is 6.65. The molecule has 3 rings (SSSR count). The van der Waals surface area contributed by atoms with Crippen molar-refractivity contribution in [1.82, 2.24) is 4.98 Å². The van der Waals surface area contributed by atoms with Gasteiger partial charge in [-0.3, -0.25) is 4.79 Å². The number of aryl methyl sites for hydroxylation is 1. The number of unbranched alkanes of at least 4 members (excludes halogenated alkanes) is 1. The van der Waals surface area contributed by atoms with Crippen molar-refractivity contribution >= 4 is 16.8 Å². The third kappa shape index (κ3) is 2.97.